The number of nitrogens with one attached hydrogen (secondary N) is 2. The zero-order chi connectivity index (χ0) is 19.4. The fraction of sp³-hybridized carbons (Fsp3) is 0.286. The molecule has 27 heavy (non-hydrogen) atoms. The first-order chi connectivity index (χ1) is 13.0. The Morgan fingerprint density at radius 2 is 1.70 bits per heavy atom. The molecule has 0 bridgehead atoms. The minimum atomic E-state index is -0.468. The summed E-state index contributed by atoms with van der Waals surface area (Å²) >= 11 is 0. The summed E-state index contributed by atoms with van der Waals surface area (Å²) in [7, 11) is 1.30. The first-order valence-electron chi connectivity index (χ1n) is 8.84. The fourth-order valence-corrected chi connectivity index (χ4v) is 3.00. The smallest absolute Gasteiger partial charge is 0.337 e. The van der Waals surface area contributed by atoms with Crippen molar-refractivity contribution in [2.45, 2.75) is 19.4 Å². The van der Waals surface area contributed by atoms with Gasteiger partial charge in [-0.25, -0.2) is 4.79 Å². The number of methoxy groups -OCH3 is 1. The normalized spacial score (nSPS) is 18.9. The standard InChI is InChI=1S/C21H22N2O4/c1-13(14-7-4-3-5-8-14)22-19(24)17-12-18(17)20(25)23-16-10-6-9-15(11-16)21(26)27-2/h3-11,13,17-18H,12H2,1-2H3,(H,22,24)(H,23,25). The fourth-order valence-electron chi connectivity index (χ4n) is 3.00. The van der Waals surface area contributed by atoms with Gasteiger partial charge in [-0.15, -0.1) is 0 Å². The second-order valence-electron chi connectivity index (χ2n) is 6.65. The molecule has 2 amide bonds. The Morgan fingerprint density at radius 1 is 1.00 bits per heavy atom. The van der Waals surface area contributed by atoms with E-state index in [1.807, 2.05) is 37.3 Å². The number of amides is 2. The molecule has 1 aliphatic carbocycles. The van der Waals surface area contributed by atoms with Crippen LogP contribution in [0.25, 0.3) is 0 Å². The van der Waals surface area contributed by atoms with Gasteiger partial charge in [-0.3, -0.25) is 9.59 Å². The minimum absolute atomic E-state index is 0.111. The van der Waals surface area contributed by atoms with Crippen LogP contribution in [-0.4, -0.2) is 24.9 Å². The van der Waals surface area contributed by atoms with E-state index < -0.39 is 5.97 Å². The van der Waals surface area contributed by atoms with Crippen LogP contribution in [0, 0.1) is 11.8 Å². The van der Waals surface area contributed by atoms with Crippen molar-refractivity contribution in [2.24, 2.45) is 11.8 Å². The van der Waals surface area contributed by atoms with Gasteiger partial charge in [0.05, 0.1) is 30.6 Å². The summed E-state index contributed by atoms with van der Waals surface area (Å²) < 4.78 is 4.67. The second kappa shape index (κ2) is 8.03. The maximum absolute atomic E-state index is 12.4. The van der Waals surface area contributed by atoms with Gasteiger partial charge in [0, 0.05) is 5.69 Å². The third-order valence-corrected chi connectivity index (χ3v) is 4.67. The molecule has 140 valence electrons. The molecular weight excluding hydrogens is 344 g/mol. The van der Waals surface area contributed by atoms with Gasteiger partial charge in [0.15, 0.2) is 0 Å². The van der Waals surface area contributed by atoms with E-state index in [1.54, 1.807) is 24.3 Å². The lowest BCUT2D eigenvalue weighted by atomic mass is 10.1. The van der Waals surface area contributed by atoms with Crippen molar-refractivity contribution in [3.05, 3.63) is 65.7 Å². The van der Waals surface area contributed by atoms with Crippen LogP contribution in [0.2, 0.25) is 0 Å². The topological polar surface area (TPSA) is 84.5 Å². The van der Waals surface area contributed by atoms with Gasteiger partial charge in [0.2, 0.25) is 11.8 Å². The highest BCUT2D eigenvalue weighted by molar-refractivity contribution is 6.00. The lowest BCUT2D eigenvalue weighted by Gasteiger charge is -2.14. The molecule has 0 spiro atoms. The van der Waals surface area contributed by atoms with Gasteiger partial charge in [0.25, 0.3) is 0 Å². The average Bonchev–Trinajstić information content (AvgIpc) is 3.49. The van der Waals surface area contributed by atoms with Crippen LogP contribution in [0.5, 0.6) is 0 Å². The SMILES string of the molecule is COC(=O)c1cccc(NC(=O)C2CC2C(=O)NC(C)c2ccccc2)c1. The number of esters is 1. The number of benzene rings is 2. The molecule has 1 saturated carbocycles. The maximum atomic E-state index is 12.4. The Labute approximate surface area is 157 Å². The molecule has 1 aliphatic rings. The first kappa shape index (κ1) is 18.6. The van der Waals surface area contributed by atoms with Crippen molar-refractivity contribution in [3.8, 4) is 0 Å². The molecule has 2 aromatic carbocycles. The molecule has 2 aromatic rings. The van der Waals surface area contributed by atoms with Crippen LogP contribution in [0.3, 0.4) is 0 Å². The Bertz CT molecular complexity index is 850. The van der Waals surface area contributed by atoms with Crippen molar-refractivity contribution < 1.29 is 19.1 Å². The number of hydrogen-bond acceptors (Lipinski definition) is 4. The van der Waals surface area contributed by atoms with E-state index in [-0.39, 0.29) is 29.7 Å². The van der Waals surface area contributed by atoms with E-state index in [4.69, 9.17) is 0 Å². The predicted octanol–water partition coefficient (Wildman–Crippen LogP) is 2.93. The minimum Gasteiger partial charge on any atom is -0.465 e. The average molecular weight is 366 g/mol. The van der Waals surface area contributed by atoms with E-state index in [0.29, 0.717) is 17.7 Å². The van der Waals surface area contributed by atoms with Gasteiger partial charge in [-0.1, -0.05) is 36.4 Å². The van der Waals surface area contributed by atoms with Gasteiger partial charge in [-0.2, -0.15) is 0 Å². The van der Waals surface area contributed by atoms with E-state index in [1.165, 1.54) is 7.11 Å². The number of anilines is 1. The molecular formula is C21H22N2O4. The molecule has 0 aromatic heterocycles. The molecule has 0 radical (unpaired) electrons. The third kappa shape index (κ3) is 4.53. The molecule has 2 N–H and O–H groups in total. The highest BCUT2D eigenvalue weighted by Crippen LogP contribution is 2.40. The van der Waals surface area contributed by atoms with Crippen molar-refractivity contribution >= 4 is 23.5 Å². The zero-order valence-electron chi connectivity index (χ0n) is 15.3. The highest BCUT2D eigenvalue weighted by Gasteiger charge is 2.48. The summed E-state index contributed by atoms with van der Waals surface area (Å²) in [6.45, 7) is 1.92. The summed E-state index contributed by atoms with van der Waals surface area (Å²) in [4.78, 5) is 36.3. The third-order valence-electron chi connectivity index (χ3n) is 4.67. The number of carbonyl (C=O) groups is 3. The summed E-state index contributed by atoms with van der Waals surface area (Å²) in [6.07, 6.45) is 0.524. The molecule has 6 nitrogen and oxygen atoms in total. The van der Waals surface area contributed by atoms with E-state index in [0.717, 1.165) is 5.56 Å². The summed E-state index contributed by atoms with van der Waals surface area (Å²) in [5.74, 6) is -1.47. The predicted molar refractivity (Wildman–Crippen MR) is 101 cm³/mol. The molecule has 1 fully saturated rings. The van der Waals surface area contributed by atoms with E-state index in [2.05, 4.69) is 15.4 Å². The van der Waals surface area contributed by atoms with Crippen molar-refractivity contribution in [3.63, 3.8) is 0 Å². The van der Waals surface area contributed by atoms with Gasteiger partial charge >= 0.3 is 5.97 Å². The van der Waals surface area contributed by atoms with Crippen molar-refractivity contribution in [1.82, 2.24) is 5.32 Å². The monoisotopic (exact) mass is 366 g/mol. The molecule has 3 rings (SSSR count). The van der Waals surface area contributed by atoms with Gasteiger partial charge in [-0.05, 0) is 37.1 Å². The Balaban J connectivity index is 1.54. The summed E-state index contributed by atoms with van der Waals surface area (Å²) in [5, 5.41) is 5.72. The lowest BCUT2D eigenvalue weighted by molar-refractivity contribution is -0.125. The van der Waals surface area contributed by atoms with Crippen LogP contribution >= 0.6 is 0 Å². The second-order valence-corrected chi connectivity index (χ2v) is 6.65. The summed E-state index contributed by atoms with van der Waals surface area (Å²) in [6, 6.07) is 16.1. The molecule has 6 heteroatoms. The Kier molecular flexibility index (Phi) is 5.54. The van der Waals surface area contributed by atoms with Crippen LogP contribution < -0.4 is 10.6 Å². The maximum Gasteiger partial charge on any atom is 0.337 e. The largest absolute Gasteiger partial charge is 0.465 e. The number of ether oxygens (including phenoxy) is 1. The van der Waals surface area contributed by atoms with E-state index >= 15 is 0 Å². The zero-order valence-corrected chi connectivity index (χ0v) is 15.3. The molecule has 3 atom stereocenters. The molecule has 0 heterocycles. The molecule has 0 saturated heterocycles. The van der Waals surface area contributed by atoms with Gasteiger partial charge in [0.1, 0.15) is 0 Å². The van der Waals surface area contributed by atoms with Crippen LogP contribution in [0.1, 0.15) is 35.3 Å². The van der Waals surface area contributed by atoms with Crippen molar-refractivity contribution in [2.75, 3.05) is 12.4 Å². The van der Waals surface area contributed by atoms with Crippen molar-refractivity contribution in [1.29, 1.82) is 0 Å². The molecule has 3 unspecified atom stereocenters. The highest BCUT2D eigenvalue weighted by atomic mass is 16.5. The number of carbonyl (C=O) groups excluding carboxylic acids is 3. The van der Waals surface area contributed by atoms with Crippen LogP contribution in [-0.2, 0) is 14.3 Å². The number of hydrogen-bond donors (Lipinski definition) is 2. The Hall–Kier alpha value is -3.15. The van der Waals surface area contributed by atoms with Gasteiger partial charge < -0.3 is 15.4 Å². The number of rotatable bonds is 6. The van der Waals surface area contributed by atoms with Crippen LogP contribution in [0.15, 0.2) is 54.6 Å². The van der Waals surface area contributed by atoms with Crippen LogP contribution in [0.4, 0.5) is 5.69 Å². The molecule has 0 aliphatic heterocycles. The van der Waals surface area contributed by atoms with E-state index in [9.17, 15) is 14.4 Å². The first-order valence-corrected chi connectivity index (χ1v) is 8.84. The quantitative estimate of drug-likeness (QED) is 0.770. The lowest BCUT2D eigenvalue weighted by Crippen LogP contribution is -2.29. The summed E-state index contributed by atoms with van der Waals surface area (Å²) in [5.41, 5.74) is 1.89. The Morgan fingerprint density at radius 3 is 2.41 bits per heavy atom.